The zero-order valence-electron chi connectivity index (χ0n) is 16.4. The number of nitrogens with zero attached hydrogens (tertiary/aromatic N) is 1. The minimum Gasteiger partial charge on any atom is -0.494 e. The van der Waals surface area contributed by atoms with Gasteiger partial charge in [0.15, 0.2) is 0 Å². The number of benzene rings is 2. The first-order valence-corrected chi connectivity index (χ1v) is 11.1. The highest BCUT2D eigenvalue weighted by Crippen LogP contribution is 2.28. The zero-order chi connectivity index (χ0) is 20.9. The molecule has 0 unspecified atom stereocenters. The van der Waals surface area contributed by atoms with Crippen molar-refractivity contribution < 1.29 is 17.9 Å². The number of nitrogens with one attached hydrogen (secondary N) is 1. The Hall–Kier alpha value is -2.25. The number of anilines is 1. The average molecular weight is 425 g/mol. The molecule has 0 heterocycles. The van der Waals surface area contributed by atoms with Crippen LogP contribution in [0.25, 0.3) is 0 Å². The van der Waals surface area contributed by atoms with Crippen LogP contribution in [0.2, 0.25) is 5.02 Å². The second kappa shape index (κ2) is 9.30. The summed E-state index contributed by atoms with van der Waals surface area (Å²) in [5, 5.41) is 3.19. The highest BCUT2D eigenvalue weighted by atomic mass is 35.5. The van der Waals surface area contributed by atoms with Gasteiger partial charge in [-0.25, -0.2) is 8.42 Å². The quantitative estimate of drug-likeness (QED) is 0.703. The molecule has 1 N–H and O–H groups in total. The Kier molecular flexibility index (Phi) is 7.32. The lowest BCUT2D eigenvalue weighted by molar-refractivity contribution is -0.122. The predicted molar refractivity (Wildman–Crippen MR) is 112 cm³/mol. The SMILES string of the molecule is CCOc1cccc(CNC(=O)[C@@H](C)N(c2cc(Cl)ccc2C)S(C)(=O)=O)c1. The number of rotatable bonds is 8. The zero-order valence-corrected chi connectivity index (χ0v) is 18.0. The summed E-state index contributed by atoms with van der Waals surface area (Å²) < 4.78 is 31.4. The number of aryl methyl sites for hydroxylation is 1. The molecular weight excluding hydrogens is 400 g/mol. The Bertz CT molecular complexity index is 947. The van der Waals surface area contributed by atoms with Gasteiger partial charge in [0.2, 0.25) is 15.9 Å². The largest absolute Gasteiger partial charge is 0.494 e. The van der Waals surface area contributed by atoms with Crippen LogP contribution in [0.15, 0.2) is 42.5 Å². The smallest absolute Gasteiger partial charge is 0.243 e. The molecule has 1 amide bonds. The fourth-order valence-electron chi connectivity index (χ4n) is 2.85. The molecule has 8 heteroatoms. The van der Waals surface area contributed by atoms with Crippen molar-refractivity contribution in [2.75, 3.05) is 17.2 Å². The molecule has 0 radical (unpaired) electrons. The number of hydrogen-bond donors (Lipinski definition) is 1. The lowest BCUT2D eigenvalue weighted by Crippen LogP contribution is -2.48. The van der Waals surface area contributed by atoms with Gasteiger partial charge in [0.25, 0.3) is 0 Å². The van der Waals surface area contributed by atoms with Crippen LogP contribution in [0.4, 0.5) is 5.69 Å². The van der Waals surface area contributed by atoms with Gasteiger partial charge in [-0.3, -0.25) is 9.10 Å². The molecule has 0 saturated heterocycles. The Balaban J connectivity index is 2.20. The first-order valence-electron chi connectivity index (χ1n) is 8.88. The summed E-state index contributed by atoms with van der Waals surface area (Å²) >= 11 is 6.04. The number of carbonyl (C=O) groups excluding carboxylic acids is 1. The second-order valence-corrected chi connectivity index (χ2v) is 8.76. The van der Waals surface area contributed by atoms with E-state index in [0.717, 1.165) is 21.9 Å². The maximum Gasteiger partial charge on any atom is 0.243 e. The summed E-state index contributed by atoms with van der Waals surface area (Å²) in [4.78, 5) is 12.7. The van der Waals surface area contributed by atoms with Gasteiger partial charge in [-0.15, -0.1) is 0 Å². The molecule has 28 heavy (non-hydrogen) atoms. The maximum absolute atomic E-state index is 12.7. The van der Waals surface area contributed by atoms with Crippen molar-refractivity contribution in [3.05, 3.63) is 58.6 Å². The molecule has 152 valence electrons. The molecule has 0 aliphatic carbocycles. The van der Waals surface area contributed by atoms with E-state index in [-0.39, 0.29) is 6.54 Å². The maximum atomic E-state index is 12.7. The van der Waals surface area contributed by atoms with Gasteiger partial charge in [-0.1, -0.05) is 29.8 Å². The van der Waals surface area contributed by atoms with E-state index in [1.807, 2.05) is 31.2 Å². The fourth-order valence-corrected chi connectivity index (χ4v) is 4.24. The van der Waals surface area contributed by atoms with E-state index < -0.39 is 22.0 Å². The number of sulfonamides is 1. The third kappa shape index (κ3) is 5.62. The van der Waals surface area contributed by atoms with Crippen LogP contribution in [0.3, 0.4) is 0 Å². The van der Waals surface area contributed by atoms with E-state index >= 15 is 0 Å². The molecule has 0 fully saturated rings. The summed E-state index contributed by atoms with van der Waals surface area (Å²) in [5.41, 5.74) is 1.95. The van der Waals surface area contributed by atoms with Crippen molar-refractivity contribution in [1.82, 2.24) is 5.32 Å². The molecule has 0 aliphatic heterocycles. The first kappa shape index (κ1) is 22.0. The van der Waals surface area contributed by atoms with Crippen LogP contribution in [0.5, 0.6) is 5.75 Å². The summed E-state index contributed by atoms with van der Waals surface area (Å²) in [6.07, 6.45) is 1.07. The molecule has 1 atom stereocenters. The number of hydrogen-bond acceptors (Lipinski definition) is 4. The van der Waals surface area contributed by atoms with E-state index in [4.69, 9.17) is 16.3 Å². The Morgan fingerprint density at radius 3 is 2.61 bits per heavy atom. The highest BCUT2D eigenvalue weighted by molar-refractivity contribution is 7.92. The van der Waals surface area contributed by atoms with E-state index in [0.29, 0.717) is 22.9 Å². The molecule has 0 bridgehead atoms. The molecular formula is C20H25ClN2O4S. The third-order valence-corrected chi connectivity index (χ3v) is 5.64. The second-order valence-electron chi connectivity index (χ2n) is 6.46. The molecule has 0 saturated carbocycles. The van der Waals surface area contributed by atoms with Crippen LogP contribution in [-0.2, 0) is 21.4 Å². The summed E-state index contributed by atoms with van der Waals surface area (Å²) in [5.74, 6) is 0.307. The standard InChI is InChI=1S/C20H25ClN2O4S/c1-5-27-18-8-6-7-16(11-18)13-22-20(24)15(3)23(28(4,25)26)19-12-17(21)10-9-14(19)2/h6-12,15H,5,13H2,1-4H3,(H,22,24)/t15-/m1/s1. The topological polar surface area (TPSA) is 75.7 Å². The predicted octanol–water partition coefficient (Wildman–Crippen LogP) is 3.52. The van der Waals surface area contributed by atoms with Crippen LogP contribution >= 0.6 is 11.6 Å². The van der Waals surface area contributed by atoms with Crippen molar-refractivity contribution in [2.24, 2.45) is 0 Å². The number of carbonyl (C=O) groups is 1. The minimum atomic E-state index is -3.70. The fraction of sp³-hybridized carbons (Fsp3) is 0.350. The van der Waals surface area contributed by atoms with Gasteiger partial charge >= 0.3 is 0 Å². The highest BCUT2D eigenvalue weighted by Gasteiger charge is 2.30. The van der Waals surface area contributed by atoms with Crippen LogP contribution in [0, 0.1) is 6.92 Å². The van der Waals surface area contributed by atoms with Crippen molar-refractivity contribution >= 4 is 33.2 Å². The first-order chi connectivity index (χ1) is 13.1. The minimum absolute atomic E-state index is 0.260. The van der Waals surface area contributed by atoms with Gasteiger partial charge in [-0.2, -0.15) is 0 Å². The summed E-state index contributed by atoms with van der Waals surface area (Å²) in [7, 11) is -3.70. The van der Waals surface area contributed by atoms with Crippen LogP contribution in [-0.4, -0.2) is 33.2 Å². The molecule has 0 aromatic heterocycles. The van der Waals surface area contributed by atoms with E-state index in [9.17, 15) is 13.2 Å². The molecule has 0 aliphatic rings. The van der Waals surface area contributed by atoms with Crippen molar-refractivity contribution in [2.45, 2.75) is 33.4 Å². The summed E-state index contributed by atoms with van der Waals surface area (Å²) in [6, 6.07) is 11.4. The van der Waals surface area contributed by atoms with Gasteiger partial charge in [-0.05, 0) is 56.2 Å². The van der Waals surface area contributed by atoms with Crippen LogP contribution in [0.1, 0.15) is 25.0 Å². The van der Waals surface area contributed by atoms with Crippen molar-refractivity contribution in [1.29, 1.82) is 0 Å². The molecule has 0 spiro atoms. The number of halogens is 1. The molecule has 2 aromatic carbocycles. The average Bonchev–Trinajstić information content (AvgIpc) is 2.62. The molecule has 6 nitrogen and oxygen atoms in total. The normalized spacial score (nSPS) is 12.3. The van der Waals surface area contributed by atoms with Gasteiger partial charge in [0.1, 0.15) is 11.8 Å². The van der Waals surface area contributed by atoms with Crippen molar-refractivity contribution in [3.8, 4) is 5.75 Å². The lowest BCUT2D eigenvalue weighted by atomic mass is 10.1. The van der Waals surface area contributed by atoms with E-state index in [1.54, 1.807) is 32.0 Å². The molecule has 2 aromatic rings. The van der Waals surface area contributed by atoms with E-state index in [1.165, 1.54) is 0 Å². The monoisotopic (exact) mass is 424 g/mol. The van der Waals surface area contributed by atoms with Crippen LogP contribution < -0.4 is 14.4 Å². The van der Waals surface area contributed by atoms with E-state index in [2.05, 4.69) is 5.32 Å². The van der Waals surface area contributed by atoms with Gasteiger partial charge < -0.3 is 10.1 Å². The Labute approximate surface area is 171 Å². The Morgan fingerprint density at radius 1 is 1.25 bits per heavy atom. The van der Waals surface area contributed by atoms with Gasteiger partial charge in [0, 0.05) is 11.6 Å². The summed E-state index contributed by atoms with van der Waals surface area (Å²) in [6.45, 7) is 6.03. The van der Waals surface area contributed by atoms with Crippen molar-refractivity contribution in [3.63, 3.8) is 0 Å². The third-order valence-electron chi connectivity index (χ3n) is 4.17. The molecule has 2 rings (SSSR count). The number of ether oxygens (including phenoxy) is 1. The lowest BCUT2D eigenvalue weighted by Gasteiger charge is -2.29. The van der Waals surface area contributed by atoms with Gasteiger partial charge in [0.05, 0.1) is 18.6 Å². The Morgan fingerprint density at radius 2 is 1.96 bits per heavy atom. The number of amides is 1.